The average molecular weight is 237 g/mol. The first-order valence-corrected chi connectivity index (χ1v) is 6.32. The summed E-state index contributed by atoms with van der Waals surface area (Å²) in [7, 11) is 2.10. The molecule has 0 bridgehead atoms. The Morgan fingerprint density at radius 3 is 2.69 bits per heavy atom. The van der Waals surface area contributed by atoms with Crippen LogP contribution < -0.4 is 0 Å². The molecule has 2 heterocycles. The topological polar surface area (TPSA) is 18.8 Å². The Morgan fingerprint density at radius 2 is 2.12 bits per heavy atom. The van der Waals surface area contributed by atoms with Crippen molar-refractivity contribution >= 4 is 23.0 Å². The molecule has 0 aromatic rings. The summed E-state index contributed by atoms with van der Waals surface area (Å²) in [6.07, 6.45) is 4.53. The van der Waals surface area contributed by atoms with E-state index in [-0.39, 0.29) is 0 Å². The molecule has 0 spiro atoms. The van der Waals surface area contributed by atoms with Gasteiger partial charge in [0, 0.05) is 26.6 Å². The van der Waals surface area contributed by atoms with Crippen molar-refractivity contribution in [3.63, 3.8) is 0 Å². The van der Waals surface area contributed by atoms with Crippen molar-refractivity contribution in [3.8, 4) is 0 Å². The highest BCUT2D eigenvalue weighted by atomic mass is 32.1. The molecule has 3 nitrogen and oxygen atoms in total. The number of aliphatic imine (C=N–C) groups is 1. The van der Waals surface area contributed by atoms with Crippen molar-refractivity contribution in [1.29, 1.82) is 0 Å². The van der Waals surface area contributed by atoms with Gasteiger partial charge in [-0.3, -0.25) is 0 Å². The van der Waals surface area contributed by atoms with Gasteiger partial charge in [-0.05, 0) is 19.3 Å². The standard InChI is InChI=1S/C12H19N3S/c1-10(9-15-8-4-6-12(15)16)13-11-5-3-7-14(11)2/h1,3-9H2,2H3/b13-11+. The number of hydrogen-bond donors (Lipinski definition) is 0. The van der Waals surface area contributed by atoms with Gasteiger partial charge < -0.3 is 9.80 Å². The third kappa shape index (κ3) is 2.61. The third-order valence-electron chi connectivity index (χ3n) is 3.17. The molecule has 4 heteroatoms. The summed E-state index contributed by atoms with van der Waals surface area (Å²) >= 11 is 5.29. The van der Waals surface area contributed by atoms with E-state index in [2.05, 4.69) is 28.4 Å². The van der Waals surface area contributed by atoms with Crippen LogP contribution in [0.1, 0.15) is 25.7 Å². The Morgan fingerprint density at radius 1 is 1.38 bits per heavy atom. The summed E-state index contributed by atoms with van der Waals surface area (Å²) in [5.74, 6) is 1.18. The smallest absolute Gasteiger partial charge is 0.104 e. The molecule has 0 amide bonds. The Kier molecular flexibility index (Phi) is 3.59. The van der Waals surface area contributed by atoms with Crippen LogP contribution in [-0.2, 0) is 0 Å². The van der Waals surface area contributed by atoms with E-state index in [9.17, 15) is 0 Å². The molecule has 0 saturated carbocycles. The number of thiocarbonyl (C=S) groups is 1. The van der Waals surface area contributed by atoms with Gasteiger partial charge in [0.25, 0.3) is 0 Å². The molecular formula is C12H19N3S. The first-order chi connectivity index (χ1) is 7.66. The minimum atomic E-state index is 0.802. The fraction of sp³-hybridized carbons (Fsp3) is 0.667. The van der Waals surface area contributed by atoms with Crippen molar-refractivity contribution < 1.29 is 0 Å². The summed E-state index contributed by atoms with van der Waals surface area (Å²) in [5, 5.41) is 0. The minimum Gasteiger partial charge on any atom is -0.363 e. The van der Waals surface area contributed by atoms with Gasteiger partial charge in [-0.15, -0.1) is 0 Å². The Balaban J connectivity index is 1.90. The molecule has 16 heavy (non-hydrogen) atoms. The summed E-state index contributed by atoms with van der Waals surface area (Å²) in [5.41, 5.74) is 0.938. The maximum Gasteiger partial charge on any atom is 0.104 e. The van der Waals surface area contributed by atoms with Crippen molar-refractivity contribution in [2.24, 2.45) is 4.99 Å². The highest BCUT2D eigenvalue weighted by molar-refractivity contribution is 7.80. The lowest BCUT2D eigenvalue weighted by atomic mass is 10.3. The van der Waals surface area contributed by atoms with Crippen molar-refractivity contribution in [2.45, 2.75) is 25.7 Å². The van der Waals surface area contributed by atoms with E-state index in [0.717, 1.165) is 43.2 Å². The van der Waals surface area contributed by atoms with Crippen LogP contribution in [0.2, 0.25) is 0 Å². The lowest BCUT2D eigenvalue weighted by Gasteiger charge is -2.18. The number of hydrogen-bond acceptors (Lipinski definition) is 2. The van der Waals surface area contributed by atoms with Crippen LogP contribution in [0.15, 0.2) is 17.3 Å². The number of rotatable bonds is 3. The zero-order chi connectivity index (χ0) is 11.5. The molecule has 2 aliphatic rings. The summed E-state index contributed by atoms with van der Waals surface area (Å²) in [4.78, 5) is 10.1. The molecular weight excluding hydrogens is 218 g/mol. The summed E-state index contributed by atoms with van der Waals surface area (Å²) < 4.78 is 0. The molecule has 2 aliphatic heterocycles. The molecule has 0 radical (unpaired) electrons. The molecule has 2 fully saturated rings. The quantitative estimate of drug-likeness (QED) is 0.700. The van der Waals surface area contributed by atoms with E-state index in [1.165, 1.54) is 18.7 Å². The molecule has 0 aromatic carbocycles. The van der Waals surface area contributed by atoms with Crippen LogP contribution in [-0.4, -0.2) is 47.3 Å². The zero-order valence-electron chi connectivity index (χ0n) is 9.91. The van der Waals surface area contributed by atoms with Crippen LogP contribution in [0.3, 0.4) is 0 Å². The number of nitrogens with zero attached hydrogens (tertiary/aromatic N) is 3. The first kappa shape index (κ1) is 11.6. The van der Waals surface area contributed by atoms with Crippen LogP contribution in [0.4, 0.5) is 0 Å². The maximum atomic E-state index is 5.29. The highest BCUT2D eigenvalue weighted by Crippen LogP contribution is 2.15. The van der Waals surface area contributed by atoms with Crippen molar-refractivity contribution in [1.82, 2.24) is 9.80 Å². The van der Waals surface area contributed by atoms with Crippen LogP contribution >= 0.6 is 12.2 Å². The van der Waals surface area contributed by atoms with Gasteiger partial charge in [0.15, 0.2) is 0 Å². The SMILES string of the molecule is C=C(CN1CCCC1=S)/N=C1\CCCN1C. The molecule has 0 atom stereocenters. The highest BCUT2D eigenvalue weighted by Gasteiger charge is 2.18. The Bertz CT molecular complexity index is 335. The second-order valence-corrected chi connectivity index (χ2v) is 5.01. The second kappa shape index (κ2) is 4.95. The van der Waals surface area contributed by atoms with E-state index in [0.29, 0.717) is 0 Å². The van der Waals surface area contributed by atoms with Crippen molar-refractivity contribution in [3.05, 3.63) is 12.3 Å². The Hall–Kier alpha value is -0.900. The Labute approximate surface area is 103 Å². The molecule has 2 rings (SSSR count). The molecule has 2 saturated heterocycles. The number of likely N-dealkylation sites (tertiary alicyclic amines) is 2. The largest absolute Gasteiger partial charge is 0.363 e. The van der Waals surface area contributed by atoms with Gasteiger partial charge in [0.05, 0.1) is 17.2 Å². The fourth-order valence-corrected chi connectivity index (χ4v) is 2.55. The van der Waals surface area contributed by atoms with Gasteiger partial charge in [-0.2, -0.15) is 0 Å². The third-order valence-corrected chi connectivity index (χ3v) is 3.63. The predicted octanol–water partition coefficient (Wildman–Crippen LogP) is 2.05. The lowest BCUT2D eigenvalue weighted by molar-refractivity contribution is 0.493. The number of amidine groups is 1. The average Bonchev–Trinajstić information content (AvgIpc) is 2.79. The van der Waals surface area contributed by atoms with Crippen LogP contribution in [0.5, 0.6) is 0 Å². The van der Waals surface area contributed by atoms with E-state index in [4.69, 9.17) is 12.2 Å². The summed E-state index contributed by atoms with van der Waals surface area (Å²) in [6.45, 7) is 7.02. The first-order valence-electron chi connectivity index (χ1n) is 5.91. The molecule has 0 aromatic heterocycles. The van der Waals surface area contributed by atoms with Crippen LogP contribution in [0, 0.1) is 0 Å². The lowest BCUT2D eigenvalue weighted by Crippen LogP contribution is -2.26. The fourth-order valence-electron chi connectivity index (χ4n) is 2.24. The summed E-state index contributed by atoms with van der Waals surface area (Å²) in [6, 6.07) is 0. The molecule has 88 valence electrons. The van der Waals surface area contributed by atoms with Crippen molar-refractivity contribution in [2.75, 3.05) is 26.7 Å². The zero-order valence-corrected chi connectivity index (χ0v) is 10.7. The van der Waals surface area contributed by atoms with E-state index >= 15 is 0 Å². The monoisotopic (exact) mass is 237 g/mol. The van der Waals surface area contributed by atoms with Gasteiger partial charge >= 0.3 is 0 Å². The van der Waals surface area contributed by atoms with Gasteiger partial charge in [-0.25, -0.2) is 4.99 Å². The van der Waals surface area contributed by atoms with Gasteiger partial charge in [0.2, 0.25) is 0 Å². The molecule has 0 N–H and O–H groups in total. The van der Waals surface area contributed by atoms with Gasteiger partial charge in [-0.1, -0.05) is 18.8 Å². The normalized spacial score (nSPS) is 23.6. The minimum absolute atomic E-state index is 0.802. The predicted molar refractivity (Wildman–Crippen MR) is 71.8 cm³/mol. The van der Waals surface area contributed by atoms with E-state index < -0.39 is 0 Å². The van der Waals surface area contributed by atoms with Crippen LogP contribution in [0.25, 0.3) is 0 Å². The van der Waals surface area contributed by atoms with E-state index in [1.54, 1.807) is 0 Å². The second-order valence-electron chi connectivity index (χ2n) is 4.54. The maximum absolute atomic E-state index is 5.29. The van der Waals surface area contributed by atoms with Gasteiger partial charge in [0.1, 0.15) is 5.84 Å². The molecule has 0 aliphatic carbocycles. The van der Waals surface area contributed by atoms with E-state index in [1.807, 2.05) is 0 Å². The molecule has 0 unspecified atom stereocenters.